The Morgan fingerprint density at radius 1 is 1.10 bits per heavy atom. The molecule has 1 N–H and O–H groups in total. The minimum Gasteiger partial charge on any atom is -0.484 e. The van der Waals surface area contributed by atoms with Crippen molar-refractivity contribution in [2.24, 2.45) is 5.10 Å². The van der Waals surface area contributed by atoms with Crippen molar-refractivity contribution >= 4 is 17.8 Å². The summed E-state index contributed by atoms with van der Waals surface area (Å²) >= 11 is 0. The number of carbonyl (C=O) groups is 1. The average molecular weight is 421 g/mol. The zero-order valence-electron chi connectivity index (χ0n) is 17.5. The van der Waals surface area contributed by atoms with Crippen LogP contribution in [0.15, 0.2) is 70.2 Å². The Morgan fingerprint density at radius 2 is 1.77 bits per heavy atom. The van der Waals surface area contributed by atoms with Gasteiger partial charge in [0.05, 0.1) is 11.1 Å². The number of amides is 1. The number of hydrogen-bond acceptors (Lipinski definition) is 6. The van der Waals surface area contributed by atoms with Gasteiger partial charge in [0, 0.05) is 17.7 Å². The highest BCUT2D eigenvalue weighted by Crippen LogP contribution is 2.25. The zero-order chi connectivity index (χ0) is 22.4. The lowest BCUT2D eigenvalue weighted by molar-refractivity contribution is -0.384. The highest BCUT2D eigenvalue weighted by molar-refractivity contribution is 5.81. The predicted octanol–water partition coefficient (Wildman–Crippen LogP) is 4.68. The Morgan fingerprint density at radius 3 is 2.39 bits per heavy atom. The fourth-order valence-corrected chi connectivity index (χ4v) is 2.72. The van der Waals surface area contributed by atoms with Crippen LogP contribution in [0.2, 0.25) is 0 Å². The molecule has 1 heterocycles. The number of non-ortho nitro benzene ring substituents is 1. The van der Waals surface area contributed by atoms with Crippen LogP contribution >= 0.6 is 0 Å². The number of ether oxygens (including phenoxy) is 1. The molecule has 8 heteroatoms. The monoisotopic (exact) mass is 421 g/mol. The largest absolute Gasteiger partial charge is 0.484 e. The van der Waals surface area contributed by atoms with Crippen LogP contribution in [0.3, 0.4) is 0 Å². The number of nitro groups is 1. The molecule has 0 unspecified atom stereocenters. The van der Waals surface area contributed by atoms with Gasteiger partial charge < -0.3 is 9.15 Å². The summed E-state index contributed by atoms with van der Waals surface area (Å²) in [4.78, 5) is 22.2. The first-order valence-corrected chi connectivity index (χ1v) is 9.62. The lowest BCUT2D eigenvalue weighted by Crippen LogP contribution is -2.24. The van der Waals surface area contributed by atoms with Gasteiger partial charge in [-0.3, -0.25) is 14.9 Å². The van der Waals surface area contributed by atoms with Crippen LogP contribution in [0.4, 0.5) is 5.69 Å². The van der Waals surface area contributed by atoms with Crippen LogP contribution < -0.4 is 10.2 Å². The molecular formula is C23H23N3O5. The molecule has 0 aliphatic carbocycles. The van der Waals surface area contributed by atoms with Crippen molar-refractivity contribution in [3.63, 3.8) is 0 Å². The summed E-state index contributed by atoms with van der Waals surface area (Å²) in [5.41, 5.74) is 4.31. The molecule has 2 aromatic carbocycles. The van der Waals surface area contributed by atoms with Gasteiger partial charge in [-0.1, -0.05) is 32.9 Å². The Labute approximate surface area is 179 Å². The smallest absolute Gasteiger partial charge is 0.277 e. The number of benzene rings is 2. The SMILES string of the molecule is CC(C)(C)c1ccc(OCC(=O)N/N=C/c2ccc(-c3ccc([N+](=O)[O-])cc3)o2)cc1. The van der Waals surface area contributed by atoms with Gasteiger partial charge in [0.2, 0.25) is 0 Å². The molecule has 0 aliphatic rings. The van der Waals surface area contributed by atoms with E-state index in [4.69, 9.17) is 9.15 Å². The van der Waals surface area contributed by atoms with Crippen molar-refractivity contribution < 1.29 is 18.9 Å². The second-order valence-corrected chi connectivity index (χ2v) is 7.86. The second-order valence-electron chi connectivity index (χ2n) is 7.86. The van der Waals surface area contributed by atoms with E-state index < -0.39 is 10.8 Å². The summed E-state index contributed by atoms with van der Waals surface area (Å²) in [5, 5.41) is 14.6. The molecule has 0 saturated carbocycles. The molecule has 160 valence electrons. The van der Waals surface area contributed by atoms with Gasteiger partial charge in [0.15, 0.2) is 6.61 Å². The van der Waals surface area contributed by atoms with E-state index in [1.165, 1.54) is 23.9 Å². The van der Waals surface area contributed by atoms with E-state index in [9.17, 15) is 14.9 Å². The standard InChI is InChI=1S/C23H23N3O5/c1-23(2,3)17-6-10-19(11-7-17)30-15-22(27)25-24-14-20-12-13-21(31-20)16-4-8-18(9-5-16)26(28)29/h4-14H,15H2,1-3H3,(H,25,27)/b24-14+. The molecule has 1 aromatic heterocycles. The summed E-state index contributed by atoms with van der Waals surface area (Å²) in [7, 11) is 0. The van der Waals surface area contributed by atoms with Gasteiger partial charge in [-0.05, 0) is 47.4 Å². The fourth-order valence-electron chi connectivity index (χ4n) is 2.72. The number of nitrogens with zero attached hydrogens (tertiary/aromatic N) is 2. The normalized spacial score (nSPS) is 11.5. The highest BCUT2D eigenvalue weighted by atomic mass is 16.6. The van der Waals surface area contributed by atoms with Crippen LogP contribution in [-0.4, -0.2) is 23.7 Å². The summed E-state index contributed by atoms with van der Waals surface area (Å²) < 4.78 is 11.1. The predicted molar refractivity (Wildman–Crippen MR) is 117 cm³/mol. The summed E-state index contributed by atoms with van der Waals surface area (Å²) in [6, 6.07) is 17.0. The lowest BCUT2D eigenvalue weighted by Gasteiger charge is -2.19. The number of hydrogen-bond donors (Lipinski definition) is 1. The van der Waals surface area contributed by atoms with Crippen LogP contribution in [0.5, 0.6) is 5.75 Å². The molecule has 0 spiro atoms. The Balaban J connectivity index is 1.49. The van der Waals surface area contributed by atoms with E-state index >= 15 is 0 Å². The Kier molecular flexibility index (Phi) is 6.49. The van der Waals surface area contributed by atoms with Crippen molar-refractivity contribution in [3.05, 3.63) is 82.1 Å². The van der Waals surface area contributed by atoms with Crippen LogP contribution in [0.1, 0.15) is 32.1 Å². The lowest BCUT2D eigenvalue weighted by atomic mass is 9.87. The molecule has 3 rings (SSSR count). The molecule has 0 fully saturated rings. The van der Waals surface area contributed by atoms with Crippen molar-refractivity contribution in [3.8, 4) is 17.1 Å². The third-order valence-corrected chi connectivity index (χ3v) is 4.46. The maximum absolute atomic E-state index is 11.9. The van der Waals surface area contributed by atoms with E-state index in [-0.39, 0.29) is 17.7 Å². The quantitative estimate of drug-likeness (QED) is 0.339. The van der Waals surface area contributed by atoms with Crippen molar-refractivity contribution in [2.75, 3.05) is 6.61 Å². The molecule has 0 atom stereocenters. The molecule has 1 amide bonds. The van der Waals surface area contributed by atoms with E-state index in [1.54, 1.807) is 24.3 Å². The van der Waals surface area contributed by atoms with E-state index in [2.05, 4.69) is 31.3 Å². The first kappa shape index (κ1) is 21.8. The van der Waals surface area contributed by atoms with Crippen LogP contribution in [0.25, 0.3) is 11.3 Å². The molecule has 8 nitrogen and oxygen atoms in total. The van der Waals surface area contributed by atoms with E-state index in [0.717, 1.165) is 0 Å². The average Bonchev–Trinajstić information content (AvgIpc) is 3.21. The highest BCUT2D eigenvalue weighted by Gasteiger charge is 2.13. The molecule has 0 radical (unpaired) electrons. The minimum absolute atomic E-state index is 0.00664. The van der Waals surface area contributed by atoms with Gasteiger partial charge in [0.1, 0.15) is 17.3 Å². The third kappa shape index (κ3) is 6.02. The minimum atomic E-state index is -0.461. The van der Waals surface area contributed by atoms with Gasteiger partial charge in [-0.25, -0.2) is 5.43 Å². The molecule has 0 aliphatic heterocycles. The van der Waals surface area contributed by atoms with Gasteiger partial charge >= 0.3 is 0 Å². The van der Waals surface area contributed by atoms with E-state index in [0.29, 0.717) is 22.8 Å². The molecule has 0 saturated heterocycles. The topological polar surface area (TPSA) is 107 Å². The summed E-state index contributed by atoms with van der Waals surface area (Å²) in [6.45, 7) is 6.21. The van der Waals surface area contributed by atoms with Gasteiger partial charge in [-0.2, -0.15) is 5.10 Å². The molecule has 0 bridgehead atoms. The number of hydrazone groups is 1. The third-order valence-electron chi connectivity index (χ3n) is 4.46. The number of rotatable bonds is 7. The number of furan rings is 1. The number of nitrogens with one attached hydrogen (secondary N) is 1. The summed E-state index contributed by atoms with van der Waals surface area (Å²) in [6.07, 6.45) is 1.37. The first-order chi connectivity index (χ1) is 14.7. The number of carbonyl (C=O) groups excluding carboxylic acids is 1. The van der Waals surface area contributed by atoms with E-state index in [1.807, 2.05) is 24.3 Å². The van der Waals surface area contributed by atoms with Crippen molar-refractivity contribution in [2.45, 2.75) is 26.2 Å². The molecule has 3 aromatic rings. The second kappa shape index (κ2) is 9.25. The number of nitro benzene ring substituents is 1. The zero-order valence-corrected chi connectivity index (χ0v) is 17.5. The Hall–Kier alpha value is -3.94. The van der Waals surface area contributed by atoms with Crippen molar-refractivity contribution in [1.82, 2.24) is 5.43 Å². The molecular weight excluding hydrogens is 398 g/mol. The fraction of sp³-hybridized carbons (Fsp3) is 0.217. The van der Waals surface area contributed by atoms with Gasteiger partial charge in [-0.15, -0.1) is 0 Å². The Bertz CT molecular complexity index is 1080. The van der Waals surface area contributed by atoms with Crippen LogP contribution in [0, 0.1) is 10.1 Å². The van der Waals surface area contributed by atoms with Crippen molar-refractivity contribution in [1.29, 1.82) is 0 Å². The first-order valence-electron chi connectivity index (χ1n) is 9.62. The van der Waals surface area contributed by atoms with Crippen LogP contribution in [-0.2, 0) is 10.2 Å². The van der Waals surface area contributed by atoms with Gasteiger partial charge in [0.25, 0.3) is 11.6 Å². The summed E-state index contributed by atoms with van der Waals surface area (Å²) in [5.74, 6) is 1.15. The maximum atomic E-state index is 11.9. The maximum Gasteiger partial charge on any atom is 0.277 e. The molecule has 31 heavy (non-hydrogen) atoms.